The number of benzene rings is 4. The molecule has 0 fully saturated rings. The van der Waals surface area contributed by atoms with E-state index in [-0.39, 0.29) is 33.4 Å². The van der Waals surface area contributed by atoms with Crippen LogP contribution in [-0.2, 0) is 19.1 Å². The predicted molar refractivity (Wildman–Crippen MR) is 208 cm³/mol. The Morgan fingerprint density at radius 3 is 1.14 bits per heavy atom. The standard InChI is InChI=1S/C45H40N2O11/c1-44(2,3)57-42(55)46-33(23-13-9-7-10-14-23)40(53)31-36(49)27-19-17-25(21-29(27)38(31)51)35(48)26-18-20-28-30(22-26)39(52)32(37(28)50)41(54)34(24-15-11-8-12-16-24)47-43(56)58-45(4,5)6/h7-22,31-34H,1-6H3,(H,46,55)(H,47,56)/t31?,32?,33-,34-/m1/s1. The number of rotatable bonds is 10. The molecule has 4 aromatic carbocycles. The Kier molecular flexibility index (Phi) is 10.9. The highest BCUT2D eigenvalue weighted by Gasteiger charge is 2.48. The van der Waals surface area contributed by atoms with Crippen LogP contribution in [0.25, 0.3) is 0 Å². The first-order chi connectivity index (χ1) is 27.3. The van der Waals surface area contributed by atoms with Crippen LogP contribution in [-0.4, -0.2) is 63.9 Å². The fraction of sp³-hybridized carbons (Fsp3) is 0.267. The van der Waals surface area contributed by atoms with Gasteiger partial charge in [0.25, 0.3) is 0 Å². The van der Waals surface area contributed by atoms with E-state index in [4.69, 9.17) is 9.47 Å². The lowest BCUT2D eigenvalue weighted by Gasteiger charge is -2.24. The van der Waals surface area contributed by atoms with Crippen molar-refractivity contribution < 1.29 is 52.6 Å². The number of nitrogens with one attached hydrogen (secondary N) is 2. The summed E-state index contributed by atoms with van der Waals surface area (Å²) in [4.78, 5) is 122. The molecule has 0 spiro atoms. The highest BCUT2D eigenvalue weighted by molar-refractivity contribution is 6.38. The van der Waals surface area contributed by atoms with Gasteiger partial charge in [0.1, 0.15) is 35.1 Å². The Hall–Kier alpha value is -6.89. The maximum Gasteiger partial charge on any atom is 0.408 e. The average molecular weight is 785 g/mol. The molecule has 0 bridgehead atoms. The smallest absolute Gasteiger partial charge is 0.408 e. The van der Waals surface area contributed by atoms with E-state index in [1.807, 2.05) is 0 Å². The van der Waals surface area contributed by atoms with Crippen LogP contribution in [0, 0.1) is 11.8 Å². The van der Waals surface area contributed by atoms with Gasteiger partial charge in [0.05, 0.1) is 0 Å². The molecule has 2 unspecified atom stereocenters. The Morgan fingerprint density at radius 2 is 0.810 bits per heavy atom. The molecule has 4 atom stereocenters. The molecule has 4 aromatic rings. The molecule has 13 heteroatoms. The summed E-state index contributed by atoms with van der Waals surface area (Å²) in [5.74, 6) is -9.43. The van der Waals surface area contributed by atoms with Gasteiger partial charge in [-0.1, -0.05) is 72.8 Å². The summed E-state index contributed by atoms with van der Waals surface area (Å²) in [6.07, 6.45) is -1.87. The molecular formula is C45H40N2O11. The number of hydrogen-bond acceptors (Lipinski definition) is 11. The summed E-state index contributed by atoms with van der Waals surface area (Å²) in [6.45, 7) is 9.83. The fourth-order valence-corrected chi connectivity index (χ4v) is 6.86. The lowest BCUT2D eigenvalue weighted by Crippen LogP contribution is -2.42. The molecule has 0 saturated carbocycles. The first kappa shape index (κ1) is 40.8. The molecule has 296 valence electrons. The number of hydrogen-bond donors (Lipinski definition) is 2. The van der Waals surface area contributed by atoms with Crippen molar-refractivity contribution >= 4 is 52.7 Å². The third-order valence-electron chi connectivity index (χ3n) is 9.40. The third kappa shape index (κ3) is 8.29. The van der Waals surface area contributed by atoms with Gasteiger partial charge < -0.3 is 20.1 Å². The summed E-state index contributed by atoms with van der Waals surface area (Å²) in [6, 6.07) is 20.8. The van der Waals surface area contributed by atoms with Gasteiger partial charge in [0, 0.05) is 33.4 Å². The molecule has 2 amide bonds. The third-order valence-corrected chi connectivity index (χ3v) is 9.40. The second-order valence-electron chi connectivity index (χ2n) is 16.0. The molecule has 2 aliphatic carbocycles. The second-order valence-corrected chi connectivity index (χ2v) is 16.0. The average Bonchev–Trinajstić information content (AvgIpc) is 3.57. The lowest BCUT2D eigenvalue weighted by molar-refractivity contribution is -0.123. The molecule has 13 nitrogen and oxygen atoms in total. The minimum atomic E-state index is -1.82. The van der Waals surface area contributed by atoms with Crippen LogP contribution in [0.1, 0.15) is 122 Å². The normalized spacial score (nSPS) is 17.1. The number of carbonyl (C=O) groups excluding carboxylic acids is 9. The van der Waals surface area contributed by atoms with Crippen molar-refractivity contribution in [2.45, 2.75) is 64.8 Å². The van der Waals surface area contributed by atoms with Crippen molar-refractivity contribution in [3.63, 3.8) is 0 Å². The number of fused-ring (bicyclic) bond motifs is 2. The van der Waals surface area contributed by atoms with Gasteiger partial charge in [0.15, 0.2) is 40.5 Å². The Bertz CT molecular complexity index is 2240. The van der Waals surface area contributed by atoms with Crippen LogP contribution >= 0.6 is 0 Å². The second kappa shape index (κ2) is 15.6. The molecule has 6 rings (SSSR count). The van der Waals surface area contributed by atoms with E-state index >= 15 is 0 Å². The topological polar surface area (TPSA) is 196 Å². The van der Waals surface area contributed by atoms with Crippen LogP contribution in [0.5, 0.6) is 0 Å². The van der Waals surface area contributed by atoms with Crippen LogP contribution in [0.15, 0.2) is 97.1 Å². The summed E-state index contributed by atoms with van der Waals surface area (Å²) in [5, 5.41) is 4.97. The number of carbonyl (C=O) groups is 9. The first-order valence-corrected chi connectivity index (χ1v) is 18.4. The van der Waals surface area contributed by atoms with Gasteiger partial charge >= 0.3 is 12.2 Å². The lowest BCUT2D eigenvalue weighted by atomic mass is 9.89. The monoisotopic (exact) mass is 784 g/mol. The predicted octanol–water partition coefficient (Wildman–Crippen LogP) is 6.58. The maximum absolute atomic E-state index is 14.0. The largest absolute Gasteiger partial charge is 0.444 e. The summed E-state index contributed by atoms with van der Waals surface area (Å²) in [5.41, 5.74) is -1.84. The van der Waals surface area contributed by atoms with E-state index in [1.54, 1.807) is 102 Å². The Labute approximate surface area is 333 Å². The first-order valence-electron chi connectivity index (χ1n) is 18.4. The quantitative estimate of drug-likeness (QED) is 0.130. The van der Waals surface area contributed by atoms with Crippen molar-refractivity contribution in [2.24, 2.45) is 11.8 Å². The highest BCUT2D eigenvalue weighted by Crippen LogP contribution is 2.35. The number of ketones is 7. The van der Waals surface area contributed by atoms with Crippen LogP contribution < -0.4 is 10.6 Å². The van der Waals surface area contributed by atoms with Crippen LogP contribution in [0.3, 0.4) is 0 Å². The molecule has 0 saturated heterocycles. The van der Waals surface area contributed by atoms with E-state index in [9.17, 15) is 43.2 Å². The number of alkyl carbamates (subject to hydrolysis) is 2. The van der Waals surface area contributed by atoms with Gasteiger partial charge in [-0.2, -0.15) is 0 Å². The van der Waals surface area contributed by atoms with Gasteiger partial charge in [-0.15, -0.1) is 0 Å². The van der Waals surface area contributed by atoms with Crippen molar-refractivity contribution in [3.8, 4) is 0 Å². The fourth-order valence-electron chi connectivity index (χ4n) is 6.86. The van der Waals surface area contributed by atoms with E-state index in [1.165, 1.54) is 36.4 Å². The Balaban J connectivity index is 1.24. The minimum Gasteiger partial charge on any atom is -0.444 e. The van der Waals surface area contributed by atoms with Crippen LogP contribution in [0.2, 0.25) is 0 Å². The summed E-state index contributed by atoms with van der Waals surface area (Å²) < 4.78 is 10.7. The molecule has 0 aliphatic heterocycles. The summed E-state index contributed by atoms with van der Waals surface area (Å²) >= 11 is 0. The van der Waals surface area contributed by atoms with Crippen molar-refractivity contribution in [1.82, 2.24) is 10.6 Å². The zero-order valence-electron chi connectivity index (χ0n) is 32.5. The van der Waals surface area contributed by atoms with E-state index in [0.29, 0.717) is 11.1 Å². The molecule has 2 aliphatic rings. The van der Waals surface area contributed by atoms with Gasteiger partial charge in [-0.25, -0.2) is 9.59 Å². The van der Waals surface area contributed by atoms with Gasteiger partial charge in [-0.3, -0.25) is 33.6 Å². The van der Waals surface area contributed by atoms with E-state index < -0.39 is 87.8 Å². The molecule has 0 radical (unpaired) electrons. The minimum absolute atomic E-state index is 0.0606. The van der Waals surface area contributed by atoms with Gasteiger partial charge in [0.2, 0.25) is 0 Å². The molecule has 58 heavy (non-hydrogen) atoms. The van der Waals surface area contributed by atoms with Crippen molar-refractivity contribution in [2.75, 3.05) is 0 Å². The number of amides is 2. The Morgan fingerprint density at radius 1 is 0.483 bits per heavy atom. The highest BCUT2D eigenvalue weighted by atomic mass is 16.6. The molecule has 0 aromatic heterocycles. The van der Waals surface area contributed by atoms with E-state index in [2.05, 4.69) is 10.6 Å². The van der Waals surface area contributed by atoms with E-state index in [0.717, 1.165) is 0 Å². The molecular weight excluding hydrogens is 744 g/mol. The van der Waals surface area contributed by atoms with Crippen LogP contribution in [0.4, 0.5) is 9.59 Å². The zero-order valence-corrected chi connectivity index (χ0v) is 32.5. The van der Waals surface area contributed by atoms with Gasteiger partial charge in [-0.05, 0) is 76.9 Å². The molecule has 0 heterocycles. The van der Waals surface area contributed by atoms with Crippen molar-refractivity contribution in [1.29, 1.82) is 0 Å². The maximum atomic E-state index is 14.0. The number of Topliss-reactive ketones (excluding diaryl/α,β-unsaturated/α-hetero) is 6. The number of ether oxygens (including phenoxy) is 2. The summed E-state index contributed by atoms with van der Waals surface area (Å²) in [7, 11) is 0. The molecule has 2 N–H and O–H groups in total. The van der Waals surface area contributed by atoms with Crippen molar-refractivity contribution in [3.05, 3.63) is 142 Å². The SMILES string of the molecule is CC(C)(C)OC(=O)N[C@@H](C(=O)C1C(=O)c2ccc(C(=O)c3ccc4c(c3)C(=O)C(C(=O)[C@H](NC(=O)OC(C)(C)C)c3ccccc3)C4=O)cc2C1=O)c1ccccc1. The zero-order chi connectivity index (χ0) is 42.3.